The maximum atomic E-state index is 5.74. The van der Waals surface area contributed by atoms with Crippen molar-refractivity contribution in [1.82, 2.24) is 10.3 Å². The third kappa shape index (κ3) is 3.68. The number of hydrogen-bond donors (Lipinski definition) is 1. The van der Waals surface area contributed by atoms with Crippen LogP contribution in [0.4, 0.5) is 0 Å². The van der Waals surface area contributed by atoms with E-state index in [2.05, 4.69) is 10.3 Å². The van der Waals surface area contributed by atoms with Crippen molar-refractivity contribution in [2.45, 2.75) is 25.9 Å². The monoisotopic (exact) mass is 228 g/mol. The summed E-state index contributed by atoms with van der Waals surface area (Å²) < 4.78 is 5.74. The molecule has 0 spiro atoms. The number of piperidine rings is 1. The number of nitrogens with zero attached hydrogens (tertiary/aromatic N) is 1. The van der Waals surface area contributed by atoms with Crippen LogP contribution >= 0.6 is 12.4 Å². The molecule has 0 bridgehead atoms. The normalized spacial score (nSPS) is 20.5. The summed E-state index contributed by atoms with van der Waals surface area (Å²) in [7, 11) is 0. The molecule has 15 heavy (non-hydrogen) atoms. The minimum absolute atomic E-state index is 0. The second kappa shape index (κ2) is 5.93. The molecule has 1 saturated heterocycles. The van der Waals surface area contributed by atoms with Crippen LogP contribution in [0, 0.1) is 6.92 Å². The zero-order valence-corrected chi connectivity index (χ0v) is 9.72. The second-order valence-electron chi connectivity index (χ2n) is 3.76. The minimum atomic E-state index is 0. The van der Waals surface area contributed by atoms with Gasteiger partial charge in [-0.25, -0.2) is 4.98 Å². The standard InChI is InChI=1S/C11H16N2O.ClH/c1-9-4-5-11(13-7-9)14-10-3-2-6-12-8-10;/h4-5,7,10,12H,2-3,6,8H2,1H3;1H/t10-;/m0./s1. The van der Waals surface area contributed by atoms with Gasteiger partial charge in [0, 0.05) is 18.8 Å². The van der Waals surface area contributed by atoms with E-state index >= 15 is 0 Å². The molecule has 84 valence electrons. The first-order chi connectivity index (χ1) is 6.84. The van der Waals surface area contributed by atoms with E-state index in [0.29, 0.717) is 6.10 Å². The van der Waals surface area contributed by atoms with Gasteiger partial charge in [-0.3, -0.25) is 0 Å². The van der Waals surface area contributed by atoms with Crippen LogP contribution in [0.1, 0.15) is 18.4 Å². The predicted molar refractivity (Wildman–Crippen MR) is 62.7 cm³/mol. The van der Waals surface area contributed by atoms with Gasteiger partial charge >= 0.3 is 0 Å². The third-order valence-corrected chi connectivity index (χ3v) is 2.42. The van der Waals surface area contributed by atoms with Crippen molar-refractivity contribution in [3.8, 4) is 5.88 Å². The number of ether oxygens (including phenoxy) is 1. The minimum Gasteiger partial charge on any atom is -0.473 e. The van der Waals surface area contributed by atoms with E-state index in [-0.39, 0.29) is 12.4 Å². The lowest BCUT2D eigenvalue weighted by atomic mass is 10.1. The lowest BCUT2D eigenvalue weighted by molar-refractivity contribution is 0.160. The predicted octanol–water partition coefficient (Wildman–Crippen LogP) is 1.94. The van der Waals surface area contributed by atoms with Gasteiger partial charge in [0.25, 0.3) is 0 Å². The highest BCUT2D eigenvalue weighted by atomic mass is 35.5. The SMILES string of the molecule is Cc1ccc(O[C@H]2CCCNC2)nc1.Cl. The Kier molecular flexibility index (Phi) is 4.85. The van der Waals surface area contributed by atoms with Crippen LogP contribution in [-0.4, -0.2) is 24.2 Å². The molecule has 2 rings (SSSR count). The number of halogens is 1. The maximum absolute atomic E-state index is 5.74. The summed E-state index contributed by atoms with van der Waals surface area (Å²) in [6.07, 6.45) is 4.45. The Hall–Kier alpha value is -0.800. The Morgan fingerprint density at radius 1 is 1.47 bits per heavy atom. The fraction of sp³-hybridized carbons (Fsp3) is 0.545. The van der Waals surface area contributed by atoms with Gasteiger partial charge in [0.2, 0.25) is 5.88 Å². The summed E-state index contributed by atoms with van der Waals surface area (Å²) in [5.41, 5.74) is 1.17. The van der Waals surface area contributed by atoms with Gasteiger partial charge in [0.15, 0.2) is 0 Å². The van der Waals surface area contributed by atoms with Gasteiger partial charge in [0.1, 0.15) is 6.10 Å². The summed E-state index contributed by atoms with van der Waals surface area (Å²) in [5.74, 6) is 0.740. The topological polar surface area (TPSA) is 34.1 Å². The van der Waals surface area contributed by atoms with E-state index in [1.807, 2.05) is 25.3 Å². The number of rotatable bonds is 2. The zero-order chi connectivity index (χ0) is 9.80. The fourth-order valence-electron chi connectivity index (χ4n) is 1.62. The van der Waals surface area contributed by atoms with Crippen molar-refractivity contribution >= 4 is 12.4 Å². The van der Waals surface area contributed by atoms with Crippen LogP contribution in [0.3, 0.4) is 0 Å². The molecule has 1 aliphatic heterocycles. The Morgan fingerprint density at radius 3 is 2.93 bits per heavy atom. The molecule has 3 nitrogen and oxygen atoms in total. The van der Waals surface area contributed by atoms with E-state index in [1.165, 1.54) is 12.0 Å². The van der Waals surface area contributed by atoms with E-state index in [1.54, 1.807) is 0 Å². The van der Waals surface area contributed by atoms with Crippen molar-refractivity contribution in [3.63, 3.8) is 0 Å². The highest BCUT2D eigenvalue weighted by Gasteiger charge is 2.14. The van der Waals surface area contributed by atoms with Crippen LogP contribution in [0.2, 0.25) is 0 Å². The van der Waals surface area contributed by atoms with Crippen LogP contribution < -0.4 is 10.1 Å². The van der Waals surface area contributed by atoms with Crippen molar-refractivity contribution < 1.29 is 4.74 Å². The molecule has 0 saturated carbocycles. The van der Waals surface area contributed by atoms with Gasteiger partial charge in [-0.2, -0.15) is 0 Å². The highest BCUT2D eigenvalue weighted by molar-refractivity contribution is 5.85. The van der Waals surface area contributed by atoms with Crippen molar-refractivity contribution in [1.29, 1.82) is 0 Å². The van der Waals surface area contributed by atoms with Gasteiger partial charge in [-0.1, -0.05) is 6.07 Å². The van der Waals surface area contributed by atoms with Gasteiger partial charge < -0.3 is 10.1 Å². The maximum Gasteiger partial charge on any atom is 0.213 e. The largest absolute Gasteiger partial charge is 0.473 e. The van der Waals surface area contributed by atoms with E-state index < -0.39 is 0 Å². The van der Waals surface area contributed by atoms with E-state index in [4.69, 9.17) is 4.74 Å². The first kappa shape index (κ1) is 12.3. The van der Waals surface area contributed by atoms with E-state index in [0.717, 1.165) is 25.4 Å². The number of aromatic nitrogens is 1. The molecule has 1 aromatic rings. The summed E-state index contributed by atoms with van der Waals surface area (Å²) in [5, 5.41) is 3.31. The molecule has 1 atom stereocenters. The van der Waals surface area contributed by atoms with Crippen molar-refractivity contribution in [2.24, 2.45) is 0 Å². The van der Waals surface area contributed by atoms with Crippen LogP contribution in [0.5, 0.6) is 5.88 Å². The van der Waals surface area contributed by atoms with Crippen LogP contribution in [0.25, 0.3) is 0 Å². The fourth-order valence-corrected chi connectivity index (χ4v) is 1.62. The molecular formula is C11H17ClN2O. The summed E-state index contributed by atoms with van der Waals surface area (Å²) >= 11 is 0. The molecule has 1 fully saturated rings. The van der Waals surface area contributed by atoms with E-state index in [9.17, 15) is 0 Å². The van der Waals surface area contributed by atoms with Crippen molar-refractivity contribution in [2.75, 3.05) is 13.1 Å². The molecule has 0 aromatic carbocycles. The Morgan fingerprint density at radius 2 is 2.33 bits per heavy atom. The Bertz CT molecular complexity index is 283. The Labute approximate surface area is 96.7 Å². The summed E-state index contributed by atoms with van der Waals surface area (Å²) in [6, 6.07) is 3.96. The number of pyridine rings is 1. The lowest BCUT2D eigenvalue weighted by Gasteiger charge is -2.23. The average molecular weight is 229 g/mol. The summed E-state index contributed by atoms with van der Waals surface area (Å²) in [4.78, 5) is 4.22. The number of hydrogen-bond acceptors (Lipinski definition) is 3. The molecule has 0 unspecified atom stereocenters. The highest BCUT2D eigenvalue weighted by Crippen LogP contribution is 2.12. The molecule has 1 N–H and O–H groups in total. The lowest BCUT2D eigenvalue weighted by Crippen LogP contribution is -2.37. The third-order valence-electron chi connectivity index (χ3n) is 2.42. The molecular weight excluding hydrogens is 212 g/mol. The van der Waals surface area contributed by atoms with Gasteiger partial charge in [-0.05, 0) is 31.9 Å². The number of nitrogens with one attached hydrogen (secondary N) is 1. The smallest absolute Gasteiger partial charge is 0.213 e. The quantitative estimate of drug-likeness (QED) is 0.840. The van der Waals surface area contributed by atoms with Crippen LogP contribution in [0.15, 0.2) is 18.3 Å². The molecule has 1 aromatic heterocycles. The summed E-state index contributed by atoms with van der Waals surface area (Å²) in [6.45, 7) is 4.08. The van der Waals surface area contributed by atoms with Gasteiger partial charge in [0.05, 0.1) is 0 Å². The Balaban J connectivity index is 0.00000112. The molecule has 0 aliphatic carbocycles. The van der Waals surface area contributed by atoms with Crippen molar-refractivity contribution in [3.05, 3.63) is 23.9 Å². The molecule has 2 heterocycles. The molecule has 0 amide bonds. The first-order valence-corrected chi connectivity index (χ1v) is 5.14. The molecule has 0 radical (unpaired) electrons. The van der Waals surface area contributed by atoms with Gasteiger partial charge in [-0.15, -0.1) is 12.4 Å². The first-order valence-electron chi connectivity index (χ1n) is 5.14. The average Bonchev–Trinajstić information content (AvgIpc) is 2.23. The zero-order valence-electron chi connectivity index (χ0n) is 8.90. The number of aryl methyl sites for hydroxylation is 1. The second-order valence-corrected chi connectivity index (χ2v) is 3.76. The van der Waals surface area contributed by atoms with Crippen LogP contribution in [-0.2, 0) is 0 Å². The molecule has 4 heteroatoms. The molecule has 1 aliphatic rings.